The third kappa shape index (κ3) is 6.71. The van der Waals surface area contributed by atoms with Crippen LogP contribution in [-0.4, -0.2) is 52.5 Å². The van der Waals surface area contributed by atoms with Crippen molar-refractivity contribution in [3.63, 3.8) is 0 Å². The Morgan fingerprint density at radius 2 is 1.86 bits per heavy atom. The summed E-state index contributed by atoms with van der Waals surface area (Å²) in [5.41, 5.74) is 0.767. The molecular weight excluding hydrogens is 416 g/mol. The first-order valence-corrected chi connectivity index (χ1v) is 10.8. The monoisotopic (exact) mass is 440 g/mol. The zero-order valence-corrected chi connectivity index (χ0v) is 18.0. The number of benzene rings is 2. The zero-order chi connectivity index (χ0) is 21.3. The zero-order valence-electron chi connectivity index (χ0n) is 16.4. The van der Waals surface area contributed by atoms with Crippen LogP contribution in [0.2, 0.25) is 5.02 Å². The van der Waals surface area contributed by atoms with Gasteiger partial charge in [-0.1, -0.05) is 41.9 Å². The lowest BCUT2D eigenvalue weighted by Gasteiger charge is -2.22. The van der Waals surface area contributed by atoms with E-state index in [0.717, 1.165) is 9.87 Å². The van der Waals surface area contributed by atoms with Crippen LogP contribution in [0.5, 0.6) is 5.75 Å². The molecule has 0 atom stereocenters. The van der Waals surface area contributed by atoms with Crippen molar-refractivity contribution < 1.29 is 22.7 Å². The Morgan fingerprint density at radius 1 is 1.14 bits per heavy atom. The predicted molar refractivity (Wildman–Crippen MR) is 112 cm³/mol. The molecule has 2 aromatic carbocycles. The molecule has 9 heteroatoms. The van der Waals surface area contributed by atoms with Crippen LogP contribution in [-0.2, 0) is 26.1 Å². The molecule has 2 rings (SSSR count). The van der Waals surface area contributed by atoms with Gasteiger partial charge >= 0.3 is 0 Å². The quantitative estimate of drug-likeness (QED) is 0.543. The molecule has 0 aromatic heterocycles. The van der Waals surface area contributed by atoms with Crippen molar-refractivity contribution in [1.82, 2.24) is 9.62 Å². The van der Waals surface area contributed by atoms with E-state index >= 15 is 0 Å². The average molecular weight is 441 g/mol. The summed E-state index contributed by atoms with van der Waals surface area (Å²) in [4.78, 5) is 12.3. The molecular formula is C20H25ClN2O5S. The third-order valence-corrected chi connectivity index (χ3v) is 6.21. The number of halogens is 1. The molecule has 158 valence electrons. The molecule has 1 amide bonds. The summed E-state index contributed by atoms with van der Waals surface area (Å²) in [5, 5.41) is 2.89. The molecule has 0 aliphatic heterocycles. The number of rotatable bonds is 11. The summed E-state index contributed by atoms with van der Waals surface area (Å²) in [7, 11) is -0.941. The molecule has 0 saturated heterocycles. The van der Waals surface area contributed by atoms with Crippen LogP contribution in [0, 0.1) is 0 Å². The van der Waals surface area contributed by atoms with E-state index in [9.17, 15) is 13.2 Å². The van der Waals surface area contributed by atoms with E-state index in [2.05, 4.69) is 5.32 Å². The fourth-order valence-corrected chi connectivity index (χ4v) is 4.36. The molecule has 7 nitrogen and oxygen atoms in total. The number of sulfonamides is 1. The van der Waals surface area contributed by atoms with Gasteiger partial charge in [-0.15, -0.1) is 0 Å². The van der Waals surface area contributed by atoms with Crippen LogP contribution < -0.4 is 10.1 Å². The maximum atomic E-state index is 13.2. The summed E-state index contributed by atoms with van der Waals surface area (Å²) in [5.74, 6) is -0.0173. The van der Waals surface area contributed by atoms with Gasteiger partial charge in [0.15, 0.2) is 0 Å². The van der Waals surface area contributed by atoms with E-state index < -0.39 is 10.0 Å². The Kier molecular flexibility index (Phi) is 8.91. The summed E-state index contributed by atoms with van der Waals surface area (Å²) < 4.78 is 37.6. The van der Waals surface area contributed by atoms with E-state index in [1.54, 1.807) is 19.2 Å². The van der Waals surface area contributed by atoms with Gasteiger partial charge in [0.05, 0.1) is 23.6 Å². The third-order valence-electron chi connectivity index (χ3n) is 4.13. The highest BCUT2D eigenvalue weighted by Gasteiger charge is 2.27. The fourth-order valence-electron chi connectivity index (χ4n) is 2.63. The Hall–Kier alpha value is -2.13. The molecule has 2 aromatic rings. The highest BCUT2D eigenvalue weighted by molar-refractivity contribution is 7.89. The SMILES string of the molecule is COCCCNC(=O)CN(Cc1ccccc1)S(=O)(=O)c1ccc(OC)c(Cl)c1. The topological polar surface area (TPSA) is 84.9 Å². The second-order valence-corrected chi connectivity index (χ2v) is 8.60. The van der Waals surface area contributed by atoms with Crippen LogP contribution >= 0.6 is 11.6 Å². The molecule has 0 spiro atoms. The Balaban J connectivity index is 2.25. The van der Waals surface area contributed by atoms with Crippen LogP contribution in [0.1, 0.15) is 12.0 Å². The second-order valence-electron chi connectivity index (χ2n) is 6.25. The summed E-state index contributed by atoms with van der Waals surface area (Å²) in [6.07, 6.45) is 0.641. The minimum absolute atomic E-state index is 0.00795. The largest absolute Gasteiger partial charge is 0.495 e. The lowest BCUT2D eigenvalue weighted by molar-refractivity contribution is -0.121. The van der Waals surface area contributed by atoms with Crippen molar-refractivity contribution in [3.8, 4) is 5.75 Å². The minimum atomic E-state index is -3.97. The standard InChI is InChI=1S/C20H25ClN2O5S/c1-27-12-6-11-22-20(24)15-23(14-16-7-4-3-5-8-16)29(25,26)17-9-10-19(28-2)18(21)13-17/h3-5,7-10,13H,6,11-12,14-15H2,1-2H3,(H,22,24). The van der Waals surface area contributed by atoms with Gasteiger partial charge in [0.1, 0.15) is 5.75 Å². The Labute approximate surface area is 176 Å². The predicted octanol–water partition coefficient (Wildman–Crippen LogP) is 2.69. The van der Waals surface area contributed by atoms with Crippen molar-refractivity contribution in [2.24, 2.45) is 0 Å². The molecule has 1 N–H and O–H groups in total. The van der Waals surface area contributed by atoms with E-state index in [4.69, 9.17) is 21.1 Å². The van der Waals surface area contributed by atoms with E-state index in [-0.39, 0.29) is 28.9 Å². The molecule has 29 heavy (non-hydrogen) atoms. The Bertz CT molecular complexity index is 906. The van der Waals surface area contributed by atoms with Crippen molar-refractivity contribution in [1.29, 1.82) is 0 Å². The number of hydrogen-bond acceptors (Lipinski definition) is 5. The lowest BCUT2D eigenvalue weighted by Crippen LogP contribution is -2.40. The van der Waals surface area contributed by atoms with E-state index in [1.165, 1.54) is 25.3 Å². The van der Waals surface area contributed by atoms with Crippen LogP contribution in [0.15, 0.2) is 53.4 Å². The average Bonchev–Trinajstić information content (AvgIpc) is 2.71. The number of nitrogens with one attached hydrogen (secondary N) is 1. The first kappa shape index (κ1) is 23.2. The number of nitrogens with zero attached hydrogens (tertiary/aromatic N) is 1. The second kappa shape index (κ2) is 11.2. The van der Waals surface area contributed by atoms with Crippen LogP contribution in [0.3, 0.4) is 0 Å². The van der Waals surface area contributed by atoms with Gasteiger partial charge in [-0.25, -0.2) is 8.42 Å². The van der Waals surface area contributed by atoms with Crippen LogP contribution in [0.4, 0.5) is 0 Å². The van der Waals surface area contributed by atoms with E-state index in [0.29, 0.717) is 25.3 Å². The number of carbonyl (C=O) groups is 1. The molecule has 0 bridgehead atoms. The molecule has 0 radical (unpaired) electrons. The van der Waals surface area contributed by atoms with Gasteiger partial charge in [-0.05, 0) is 30.2 Å². The van der Waals surface area contributed by atoms with Gasteiger partial charge in [0.2, 0.25) is 15.9 Å². The molecule has 0 aliphatic carbocycles. The van der Waals surface area contributed by atoms with Crippen molar-refractivity contribution in [3.05, 3.63) is 59.1 Å². The van der Waals surface area contributed by atoms with Gasteiger partial charge in [-0.3, -0.25) is 4.79 Å². The maximum Gasteiger partial charge on any atom is 0.243 e. The number of hydrogen-bond donors (Lipinski definition) is 1. The van der Waals surface area contributed by atoms with Gasteiger partial charge in [0, 0.05) is 26.8 Å². The first-order valence-electron chi connectivity index (χ1n) is 9.01. The van der Waals surface area contributed by atoms with Gasteiger partial charge in [0.25, 0.3) is 0 Å². The number of ether oxygens (including phenoxy) is 2. The van der Waals surface area contributed by atoms with E-state index in [1.807, 2.05) is 18.2 Å². The highest BCUT2D eigenvalue weighted by Crippen LogP contribution is 2.28. The van der Waals surface area contributed by atoms with Gasteiger partial charge in [-0.2, -0.15) is 4.31 Å². The van der Waals surface area contributed by atoms with Gasteiger partial charge < -0.3 is 14.8 Å². The fraction of sp³-hybridized carbons (Fsp3) is 0.350. The highest BCUT2D eigenvalue weighted by atomic mass is 35.5. The molecule has 0 unspecified atom stereocenters. The first-order chi connectivity index (χ1) is 13.9. The summed E-state index contributed by atoms with van der Waals surface area (Å²) in [6, 6.07) is 13.3. The lowest BCUT2D eigenvalue weighted by atomic mass is 10.2. The molecule has 0 aliphatic rings. The normalized spacial score (nSPS) is 11.4. The Morgan fingerprint density at radius 3 is 2.48 bits per heavy atom. The number of amides is 1. The maximum absolute atomic E-state index is 13.2. The molecule has 0 fully saturated rings. The number of methoxy groups -OCH3 is 2. The van der Waals surface area contributed by atoms with Crippen molar-refractivity contribution >= 4 is 27.5 Å². The summed E-state index contributed by atoms with van der Waals surface area (Å²) in [6.45, 7) is 0.656. The minimum Gasteiger partial charge on any atom is -0.495 e. The summed E-state index contributed by atoms with van der Waals surface area (Å²) >= 11 is 6.11. The molecule has 0 heterocycles. The van der Waals surface area contributed by atoms with Crippen molar-refractivity contribution in [2.45, 2.75) is 17.9 Å². The van der Waals surface area contributed by atoms with Crippen molar-refractivity contribution in [2.75, 3.05) is 33.9 Å². The van der Waals surface area contributed by atoms with Crippen LogP contribution in [0.25, 0.3) is 0 Å². The molecule has 0 saturated carbocycles. The number of carbonyl (C=O) groups excluding carboxylic acids is 1. The smallest absolute Gasteiger partial charge is 0.243 e.